The molecule has 9 heteroatoms. The van der Waals surface area contributed by atoms with Crippen molar-refractivity contribution in [2.75, 3.05) is 13.2 Å². The predicted molar refractivity (Wildman–Crippen MR) is 116 cm³/mol. The fourth-order valence-corrected chi connectivity index (χ4v) is 3.73. The van der Waals surface area contributed by atoms with E-state index < -0.39 is 54.7 Å². The van der Waals surface area contributed by atoms with Gasteiger partial charge in [-0.05, 0) is 31.6 Å². The van der Waals surface area contributed by atoms with E-state index in [0.717, 1.165) is 5.57 Å². The number of esters is 4. The maximum Gasteiger partial charge on any atom is 0.337 e. The second kappa shape index (κ2) is 11.6. The number of hydrogen-bond acceptors (Lipinski definition) is 9. The first-order valence-electron chi connectivity index (χ1n) is 10.6. The normalized spacial score (nSPS) is 28.9. The zero-order valence-corrected chi connectivity index (χ0v) is 19.3. The average Bonchev–Trinajstić information content (AvgIpc) is 2.99. The number of ether oxygens (including phenoxy) is 4. The molecule has 0 bridgehead atoms. The molecule has 0 saturated carbocycles. The number of carbonyl (C=O) groups excluding carboxylic acids is 4. The lowest BCUT2D eigenvalue weighted by Gasteiger charge is -2.28. The van der Waals surface area contributed by atoms with E-state index in [-0.39, 0.29) is 24.2 Å². The van der Waals surface area contributed by atoms with E-state index in [0.29, 0.717) is 12.0 Å². The highest BCUT2D eigenvalue weighted by atomic mass is 16.6. The molecule has 2 rings (SSSR count). The lowest BCUT2D eigenvalue weighted by molar-refractivity contribution is -0.149. The van der Waals surface area contributed by atoms with Gasteiger partial charge < -0.3 is 24.1 Å². The second-order valence-electron chi connectivity index (χ2n) is 8.06. The summed E-state index contributed by atoms with van der Waals surface area (Å²) in [5.74, 6) is -3.09. The Morgan fingerprint density at radius 2 is 1.91 bits per heavy atom. The van der Waals surface area contributed by atoms with Gasteiger partial charge in [-0.2, -0.15) is 0 Å². The summed E-state index contributed by atoms with van der Waals surface area (Å²) >= 11 is 0. The third-order valence-corrected chi connectivity index (χ3v) is 5.40. The first-order valence-corrected chi connectivity index (χ1v) is 10.6. The van der Waals surface area contributed by atoms with E-state index in [4.69, 9.17) is 18.9 Å². The van der Waals surface area contributed by atoms with Gasteiger partial charge in [-0.3, -0.25) is 9.59 Å². The molecule has 4 atom stereocenters. The first kappa shape index (κ1) is 26.1. The lowest BCUT2D eigenvalue weighted by atomic mass is 9.85. The van der Waals surface area contributed by atoms with Crippen LogP contribution < -0.4 is 0 Å². The Bertz CT molecular complexity index is 909. The molecule has 0 aromatic heterocycles. The molecular weight excluding hydrogens is 432 g/mol. The SMILES string of the molecule is C=C1C(=O)O[C@@H]2/C=C(/C)C(OC(C)=O)C/C=C(/C)CC(OC(=O)/C(=C/CO)COC(C)=O)[C@@H]12. The summed E-state index contributed by atoms with van der Waals surface area (Å²) in [6, 6.07) is 0. The molecule has 1 aliphatic heterocycles. The summed E-state index contributed by atoms with van der Waals surface area (Å²) in [5, 5.41) is 9.24. The number of hydrogen-bond donors (Lipinski definition) is 1. The van der Waals surface area contributed by atoms with E-state index in [1.807, 2.05) is 13.0 Å². The van der Waals surface area contributed by atoms with Crippen LogP contribution in [0, 0.1) is 5.92 Å². The van der Waals surface area contributed by atoms with E-state index in [1.165, 1.54) is 19.9 Å². The third-order valence-electron chi connectivity index (χ3n) is 5.40. The minimum atomic E-state index is -0.813. The van der Waals surface area contributed by atoms with Crippen molar-refractivity contribution in [3.8, 4) is 0 Å². The van der Waals surface area contributed by atoms with Gasteiger partial charge in [-0.1, -0.05) is 18.2 Å². The fourth-order valence-electron chi connectivity index (χ4n) is 3.73. The molecule has 1 aliphatic carbocycles. The maximum absolute atomic E-state index is 12.8. The van der Waals surface area contributed by atoms with Crippen molar-refractivity contribution in [1.29, 1.82) is 0 Å². The van der Waals surface area contributed by atoms with Crippen LogP contribution in [0.1, 0.15) is 40.5 Å². The van der Waals surface area contributed by atoms with Gasteiger partial charge in [0.2, 0.25) is 0 Å². The summed E-state index contributed by atoms with van der Waals surface area (Å²) in [4.78, 5) is 47.9. The van der Waals surface area contributed by atoms with Crippen LogP contribution in [0.25, 0.3) is 0 Å². The Labute approximate surface area is 192 Å². The molecule has 9 nitrogen and oxygen atoms in total. The van der Waals surface area contributed by atoms with Crippen molar-refractivity contribution in [1.82, 2.24) is 0 Å². The van der Waals surface area contributed by atoms with E-state index in [2.05, 4.69) is 6.58 Å². The van der Waals surface area contributed by atoms with Gasteiger partial charge in [0.15, 0.2) is 0 Å². The van der Waals surface area contributed by atoms with Crippen molar-refractivity contribution in [3.05, 3.63) is 47.1 Å². The molecule has 1 saturated heterocycles. The van der Waals surface area contributed by atoms with E-state index >= 15 is 0 Å². The van der Waals surface area contributed by atoms with Gasteiger partial charge >= 0.3 is 23.9 Å². The Morgan fingerprint density at radius 3 is 2.52 bits per heavy atom. The topological polar surface area (TPSA) is 125 Å². The van der Waals surface area contributed by atoms with Crippen LogP contribution in [0.5, 0.6) is 0 Å². The van der Waals surface area contributed by atoms with Gasteiger partial charge in [0.25, 0.3) is 0 Å². The highest BCUT2D eigenvalue weighted by Gasteiger charge is 2.45. The number of aliphatic hydroxyl groups excluding tert-OH is 1. The number of carbonyl (C=O) groups is 4. The van der Waals surface area contributed by atoms with Crippen LogP contribution in [0.15, 0.2) is 47.1 Å². The van der Waals surface area contributed by atoms with Crippen molar-refractivity contribution < 1.29 is 43.2 Å². The smallest absolute Gasteiger partial charge is 0.337 e. The summed E-state index contributed by atoms with van der Waals surface area (Å²) in [7, 11) is 0. The van der Waals surface area contributed by atoms with Gasteiger partial charge in [0.05, 0.1) is 18.1 Å². The number of fused-ring (bicyclic) bond motifs is 1. The summed E-state index contributed by atoms with van der Waals surface area (Å²) < 4.78 is 21.5. The number of rotatable bonds is 6. The van der Waals surface area contributed by atoms with Crippen molar-refractivity contribution >= 4 is 23.9 Å². The molecule has 0 radical (unpaired) electrons. The molecule has 1 fully saturated rings. The van der Waals surface area contributed by atoms with Crippen LogP contribution in [0.4, 0.5) is 0 Å². The monoisotopic (exact) mass is 462 g/mol. The highest BCUT2D eigenvalue weighted by molar-refractivity contribution is 5.92. The first-order chi connectivity index (χ1) is 15.5. The molecule has 0 amide bonds. The molecular formula is C24H30O9. The molecule has 1 N–H and O–H groups in total. The zero-order valence-electron chi connectivity index (χ0n) is 19.3. The van der Waals surface area contributed by atoms with Gasteiger partial charge in [0, 0.05) is 32.3 Å². The predicted octanol–water partition coefficient (Wildman–Crippen LogP) is 2.10. The van der Waals surface area contributed by atoms with Crippen molar-refractivity contribution in [3.63, 3.8) is 0 Å². The number of aliphatic hydroxyl groups is 1. The quantitative estimate of drug-likeness (QED) is 0.273. The van der Waals surface area contributed by atoms with E-state index in [1.54, 1.807) is 13.0 Å². The van der Waals surface area contributed by atoms with Crippen LogP contribution in [0.3, 0.4) is 0 Å². The standard InChI is InChI=1S/C24H30O9/c1-13-6-7-19(31-17(5)27)14(2)11-21-22(15(3)23(28)32-21)20(10-13)33-24(29)18(8-9-25)12-30-16(4)26/h6,8,11,19-22,25H,3,7,9-10,12H2,1-2,4-5H3/b13-6-,14-11-,18-8+/t19?,20?,21-,22-/m1/s1. The van der Waals surface area contributed by atoms with Crippen molar-refractivity contribution in [2.24, 2.45) is 5.92 Å². The summed E-state index contributed by atoms with van der Waals surface area (Å²) in [6.45, 7) is 9.16. The van der Waals surface area contributed by atoms with Crippen LogP contribution in [-0.4, -0.2) is 60.5 Å². The van der Waals surface area contributed by atoms with Gasteiger partial charge in [-0.15, -0.1) is 0 Å². The van der Waals surface area contributed by atoms with Crippen molar-refractivity contribution in [2.45, 2.75) is 58.8 Å². The summed E-state index contributed by atoms with van der Waals surface area (Å²) in [5.41, 5.74) is 1.67. The fraction of sp³-hybridized carbons (Fsp3) is 0.500. The highest BCUT2D eigenvalue weighted by Crippen LogP contribution is 2.36. The van der Waals surface area contributed by atoms with Gasteiger partial charge in [0.1, 0.15) is 24.9 Å². The Morgan fingerprint density at radius 1 is 1.21 bits per heavy atom. The minimum Gasteiger partial charge on any atom is -0.461 e. The average molecular weight is 462 g/mol. The van der Waals surface area contributed by atoms with Gasteiger partial charge in [-0.25, -0.2) is 9.59 Å². The molecule has 1 heterocycles. The zero-order chi connectivity index (χ0) is 24.7. The molecule has 2 aliphatic rings. The largest absolute Gasteiger partial charge is 0.461 e. The minimum absolute atomic E-state index is 0.0273. The Hall–Kier alpha value is -3.20. The Balaban J connectivity index is 2.39. The molecule has 33 heavy (non-hydrogen) atoms. The second-order valence-corrected chi connectivity index (χ2v) is 8.06. The van der Waals surface area contributed by atoms with Crippen LogP contribution >= 0.6 is 0 Å². The molecule has 2 unspecified atom stereocenters. The Kier molecular flexibility index (Phi) is 9.16. The van der Waals surface area contributed by atoms with Crippen LogP contribution in [0.2, 0.25) is 0 Å². The van der Waals surface area contributed by atoms with E-state index in [9.17, 15) is 24.3 Å². The van der Waals surface area contributed by atoms with Crippen LogP contribution in [-0.2, 0) is 38.1 Å². The summed E-state index contributed by atoms with van der Waals surface area (Å²) in [6.07, 6.45) is 3.34. The molecule has 0 aromatic carbocycles. The maximum atomic E-state index is 12.8. The third kappa shape index (κ3) is 7.15. The molecule has 180 valence electrons. The molecule has 0 spiro atoms. The molecule has 0 aromatic rings. The lowest BCUT2D eigenvalue weighted by Crippen LogP contribution is -2.35.